The van der Waals surface area contributed by atoms with E-state index in [1.807, 2.05) is 0 Å². The molecule has 20 heavy (non-hydrogen) atoms. The number of carbonyl (C=O) groups excluding carboxylic acids is 1. The summed E-state index contributed by atoms with van der Waals surface area (Å²) in [6, 6.07) is 0.243. The van der Waals surface area contributed by atoms with Gasteiger partial charge in [-0.05, 0) is 44.4 Å². The van der Waals surface area contributed by atoms with Crippen LogP contribution in [0.3, 0.4) is 0 Å². The molecule has 3 rings (SSSR count). The van der Waals surface area contributed by atoms with Crippen LogP contribution in [0.25, 0.3) is 0 Å². The lowest BCUT2D eigenvalue weighted by molar-refractivity contribution is 0.236. The highest BCUT2D eigenvalue weighted by Crippen LogP contribution is 2.25. The van der Waals surface area contributed by atoms with Gasteiger partial charge in [0.25, 0.3) is 0 Å². The zero-order valence-corrected chi connectivity index (χ0v) is 12.1. The third-order valence-corrected chi connectivity index (χ3v) is 4.48. The Bertz CT molecular complexity index is 483. The van der Waals surface area contributed by atoms with Gasteiger partial charge in [-0.3, -0.25) is 0 Å². The van der Waals surface area contributed by atoms with Gasteiger partial charge in [0.15, 0.2) is 0 Å². The van der Waals surface area contributed by atoms with Crippen LogP contribution in [-0.4, -0.2) is 17.2 Å². The minimum Gasteiger partial charge on any atom is -0.361 e. The van der Waals surface area contributed by atoms with E-state index in [0.717, 1.165) is 43.1 Å². The van der Waals surface area contributed by atoms with E-state index >= 15 is 0 Å². The highest BCUT2D eigenvalue weighted by molar-refractivity contribution is 5.74. The summed E-state index contributed by atoms with van der Waals surface area (Å²) in [7, 11) is 0. The minimum absolute atomic E-state index is 0.0864. The number of fused-ring (bicyclic) bond motifs is 1. The number of aromatic nitrogens is 1. The Kier molecular flexibility index (Phi) is 3.94. The van der Waals surface area contributed by atoms with Crippen molar-refractivity contribution < 1.29 is 9.32 Å². The van der Waals surface area contributed by atoms with Crippen LogP contribution in [0.15, 0.2) is 4.52 Å². The van der Waals surface area contributed by atoms with E-state index in [0.29, 0.717) is 12.6 Å². The minimum atomic E-state index is -0.0864. The first-order valence-electron chi connectivity index (χ1n) is 7.73. The number of hydrogen-bond acceptors (Lipinski definition) is 3. The summed E-state index contributed by atoms with van der Waals surface area (Å²) in [5.74, 6) is 1.74. The second-order valence-electron chi connectivity index (χ2n) is 6.18. The quantitative estimate of drug-likeness (QED) is 0.892. The number of rotatable bonds is 3. The molecule has 0 saturated heterocycles. The molecule has 2 amide bonds. The first-order valence-corrected chi connectivity index (χ1v) is 7.73. The molecule has 5 nitrogen and oxygen atoms in total. The number of amides is 2. The number of carbonyl (C=O) groups is 1. The van der Waals surface area contributed by atoms with Crippen molar-refractivity contribution in [2.45, 2.75) is 64.5 Å². The zero-order valence-electron chi connectivity index (χ0n) is 12.1. The second-order valence-corrected chi connectivity index (χ2v) is 6.18. The summed E-state index contributed by atoms with van der Waals surface area (Å²) in [5, 5.41) is 10.0. The van der Waals surface area contributed by atoms with Crippen molar-refractivity contribution in [1.29, 1.82) is 0 Å². The largest absolute Gasteiger partial charge is 0.361 e. The van der Waals surface area contributed by atoms with Gasteiger partial charge in [0.05, 0.1) is 6.54 Å². The predicted molar refractivity (Wildman–Crippen MR) is 75.3 cm³/mol. The molecule has 1 heterocycles. The van der Waals surface area contributed by atoms with Crippen molar-refractivity contribution >= 4 is 6.03 Å². The fraction of sp³-hybridized carbons (Fsp3) is 0.733. The molecular formula is C15H23N3O2. The van der Waals surface area contributed by atoms with Crippen LogP contribution in [0.2, 0.25) is 0 Å². The van der Waals surface area contributed by atoms with Crippen LogP contribution in [0.5, 0.6) is 0 Å². The van der Waals surface area contributed by atoms with Crippen LogP contribution >= 0.6 is 0 Å². The average Bonchev–Trinajstić information content (AvgIpc) is 3.03. The van der Waals surface area contributed by atoms with Gasteiger partial charge in [-0.15, -0.1) is 0 Å². The van der Waals surface area contributed by atoms with Crippen molar-refractivity contribution in [2.24, 2.45) is 5.92 Å². The van der Waals surface area contributed by atoms with Gasteiger partial charge >= 0.3 is 6.03 Å². The van der Waals surface area contributed by atoms with Gasteiger partial charge in [-0.2, -0.15) is 0 Å². The van der Waals surface area contributed by atoms with Crippen LogP contribution < -0.4 is 10.6 Å². The first kappa shape index (κ1) is 13.5. The Morgan fingerprint density at radius 2 is 2.20 bits per heavy atom. The molecule has 2 N–H and O–H groups in total. The maximum atomic E-state index is 11.9. The molecule has 5 heteroatoms. The number of hydrogen-bond donors (Lipinski definition) is 2. The Labute approximate surface area is 119 Å². The molecule has 0 unspecified atom stereocenters. The van der Waals surface area contributed by atoms with Crippen molar-refractivity contribution in [3.8, 4) is 0 Å². The first-order chi connectivity index (χ1) is 9.72. The molecule has 2 aliphatic rings. The monoisotopic (exact) mass is 277 g/mol. The standard InChI is InChI=1S/C15H23N3O2/c1-10-6-7-11(8-10)17-15(19)16-9-13-12-4-2-3-5-14(12)20-18-13/h10-11H,2-9H2,1H3,(H2,16,17,19)/t10-,11-/m1/s1. The SMILES string of the molecule is C[C@@H]1CC[C@@H](NC(=O)NCc2noc3c2CCCC3)C1. The topological polar surface area (TPSA) is 67.2 Å². The smallest absolute Gasteiger partial charge is 0.315 e. The lowest BCUT2D eigenvalue weighted by atomic mass is 9.96. The number of nitrogens with one attached hydrogen (secondary N) is 2. The summed E-state index contributed by atoms with van der Waals surface area (Å²) < 4.78 is 5.35. The molecule has 0 radical (unpaired) electrons. The zero-order chi connectivity index (χ0) is 13.9. The van der Waals surface area contributed by atoms with E-state index in [-0.39, 0.29) is 6.03 Å². The fourth-order valence-corrected chi connectivity index (χ4v) is 3.33. The lowest BCUT2D eigenvalue weighted by Crippen LogP contribution is -2.40. The molecule has 1 aromatic rings. The van der Waals surface area contributed by atoms with E-state index in [4.69, 9.17) is 4.52 Å². The number of aryl methyl sites for hydroxylation is 1. The number of nitrogens with zero attached hydrogens (tertiary/aromatic N) is 1. The van der Waals surface area contributed by atoms with Gasteiger partial charge in [-0.1, -0.05) is 12.1 Å². The van der Waals surface area contributed by atoms with E-state index in [1.54, 1.807) is 0 Å². The van der Waals surface area contributed by atoms with Crippen LogP contribution in [0.1, 0.15) is 56.0 Å². The summed E-state index contributed by atoms with van der Waals surface area (Å²) in [4.78, 5) is 11.9. The molecule has 0 spiro atoms. The van der Waals surface area contributed by atoms with Gasteiger partial charge in [0, 0.05) is 18.0 Å². The normalized spacial score (nSPS) is 25.2. The van der Waals surface area contributed by atoms with Crippen LogP contribution in [0, 0.1) is 5.92 Å². The van der Waals surface area contributed by atoms with Crippen molar-refractivity contribution in [3.63, 3.8) is 0 Å². The van der Waals surface area contributed by atoms with E-state index < -0.39 is 0 Å². The van der Waals surface area contributed by atoms with Crippen LogP contribution in [0.4, 0.5) is 4.79 Å². The van der Waals surface area contributed by atoms with Gasteiger partial charge in [-0.25, -0.2) is 4.79 Å². The maximum Gasteiger partial charge on any atom is 0.315 e. The molecule has 2 atom stereocenters. The Morgan fingerprint density at radius 3 is 3.00 bits per heavy atom. The maximum absolute atomic E-state index is 11.9. The van der Waals surface area contributed by atoms with E-state index in [9.17, 15) is 4.79 Å². The summed E-state index contributed by atoms with van der Waals surface area (Å²) in [6.45, 7) is 2.70. The Balaban J connectivity index is 1.49. The second kappa shape index (κ2) is 5.85. The molecular weight excluding hydrogens is 254 g/mol. The lowest BCUT2D eigenvalue weighted by Gasteiger charge is -2.13. The summed E-state index contributed by atoms with van der Waals surface area (Å²) in [5.41, 5.74) is 2.11. The van der Waals surface area contributed by atoms with Gasteiger partial charge in [0.2, 0.25) is 0 Å². The van der Waals surface area contributed by atoms with Crippen molar-refractivity contribution in [3.05, 3.63) is 17.0 Å². The van der Waals surface area contributed by atoms with Crippen molar-refractivity contribution in [2.75, 3.05) is 0 Å². The third kappa shape index (κ3) is 2.97. The highest BCUT2D eigenvalue weighted by atomic mass is 16.5. The Morgan fingerprint density at radius 1 is 1.35 bits per heavy atom. The summed E-state index contributed by atoms with van der Waals surface area (Å²) in [6.07, 6.45) is 7.76. The van der Waals surface area contributed by atoms with Gasteiger partial charge < -0.3 is 15.2 Å². The van der Waals surface area contributed by atoms with E-state index in [1.165, 1.54) is 24.8 Å². The van der Waals surface area contributed by atoms with Crippen LogP contribution in [-0.2, 0) is 19.4 Å². The molecule has 0 bridgehead atoms. The highest BCUT2D eigenvalue weighted by Gasteiger charge is 2.23. The average molecular weight is 277 g/mol. The van der Waals surface area contributed by atoms with E-state index in [2.05, 4.69) is 22.7 Å². The molecule has 110 valence electrons. The molecule has 1 saturated carbocycles. The molecule has 2 aliphatic carbocycles. The predicted octanol–water partition coefficient (Wildman–Crippen LogP) is 2.54. The Hall–Kier alpha value is -1.52. The summed E-state index contributed by atoms with van der Waals surface area (Å²) >= 11 is 0. The number of urea groups is 1. The molecule has 0 aromatic carbocycles. The molecule has 1 fully saturated rings. The molecule has 0 aliphatic heterocycles. The van der Waals surface area contributed by atoms with Gasteiger partial charge in [0.1, 0.15) is 11.5 Å². The van der Waals surface area contributed by atoms with Crippen molar-refractivity contribution in [1.82, 2.24) is 15.8 Å². The third-order valence-electron chi connectivity index (χ3n) is 4.48. The fourth-order valence-electron chi connectivity index (χ4n) is 3.33. The molecule has 1 aromatic heterocycles.